The van der Waals surface area contributed by atoms with Crippen LogP contribution < -0.4 is 0 Å². The number of allylic oxidation sites excluding steroid dienone is 1. The average Bonchev–Trinajstić information content (AvgIpc) is 2.86. The van der Waals surface area contributed by atoms with Gasteiger partial charge in [0.15, 0.2) is 0 Å². The number of rotatable bonds is 3. The van der Waals surface area contributed by atoms with Crippen molar-refractivity contribution in [1.82, 2.24) is 0 Å². The lowest BCUT2D eigenvalue weighted by Crippen LogP contribution is -1.86. The van der Waals surface area contributed by atoms with Gasteiger partial charge >= 0.3 is 5.88 Å². The van der Waals surface area contributed by atoms with E-state index in [2.05, 4.69) is 5.16 Å². The molecule has 6 heteroatoms. The summed E-state index contributed by atoms with van der Waals surface area (Å²) in [5.41, 5.74) is 0.800. The molecule has 0 radical (unpaired) electrons. The highest BCUT2D eigenvalue weighted by atomic mass is 16.6. The van der Waals surface area contributed by atoms with Gasteiger partial charge in [0.1, 0.15) is 17.3 Å². The second kappa shape index (κ2) is 3.95. The zero-order valence-electron chi connectivity index (χ0n) is 7.75. The van der Waals surface area contributed by atoms with Gasteiger partial charge in [0.25, 0.3) is 0 Å². The van der Waals surface area contributed by atoms with E-state index in [9.17, 15) is 10.1 Å². The fourth-order valence-electron chi connectivity index (χ4n) is 1.15. The van der Waals surface area contributed by atoms with Gasteiger partial charge in [-0.3, -0.25) is 10.1 Å². The summed E-state index contributed by atoms with van der Waals surface area (Å²) in [6, 6.07) is 2.84. The maximum absolute atomic E-state index is 10.3. The quantitative estimate of drug-likeness (QED) is 0.562. The van der Waals surface area contributed by atoms with Crippen molar-refractivity contribution in [2.45, 2.75) is 6.42 Å². The van der Waals surface area contributed by atoms with Crippen LogP contribution in [0.3, 0.4) is 0 Å². The van der Waals surface area contributed by atoms with E-state index in [1.807, 2.05) is 0 Å². The molecule has 0 saturated heterocycles. The summed E-state index contributed by atoms with van der Waals surface area (Å²) in [7, 11) is 0. The molecule has 1 aliphatic rings. The standard InChI is InChI=1S/C9H8N2O4/c12-11(13)9-4-3-8(15-9)2-1-7-5-6-14-10-7/h1-4H,5-6H2/b2-1+. The molecular formula is C9H8N2O4. The van der Waals surface area contributed by atoms with Crippen LogP contribution in [0, 0.1) is 10.1 Å². The van der Waals surface area contributed by atoms with Crippen molar-refractivity contribution in [3.05, 3.63) is 34.1 Å². The van der Waals surface area contributed by atoms with E-state index in [0.29, 0.717) is 12.4 Å². The maximum atomic E-state index is 10.3. The first kappa shape index (κ1) is 9.45. The SMILES string of the molecule is O=[N+]([O-])c1ccc(/C=C/C2=NOCC2)o1. The van der Waals surface area contributed by atoms with Crippen molar-refractivity contribution in [2.24, 2.45) is 5.16 Å². The van der Waals surface area contributed by atoms with E-state index in [0.717, 1.165) is 12.1 Å². The molecule has 1 aromatic heterocycles. The summed E-state index contributed by atoms with van der Waals surface area (Å²) in [6.07, 6.45) is 4.09. The second-order valence-electron chi connectivity index (χ2n) is 2.93. The number of furan rings is 1. The van der Waals surface area contributed by atoms with Gasteiger partial charge in [-0.25, -0.2) is 0 Å². The van der Waals surface area contributed by atoms with Gasteiger partial charge in [-0.15, -0.1) is 0 Å². The predicted molar refractivity (Wildman–Crippen MR) is 52.4 cm³/mol. The first-order valence-corrected chi connectivity index (χ1v) is 4.37. The van der Waals surface area contributed by atoms with E-state index < -0.39 is 4.92 Å². The monoisotopic (exact) mass is 208 g/mol. The van der Waals surface area contributed by atoms with E-state index in [-0.39, 0.29) is 5.88 Å². The molecule has 1 aliphatic heterocycles. The van der Waals surface area contributed by atoms with Crippen LogP contribution in [0.15, 0.2) is 27.8 Å². The van der Waals surface area contributed by atoms with Gasteiger partial charge in [-0.05, 0) is 18.2 Å². The molecule has 0 N–H and O–H groups in total. The molecule has 1 aromatic rings. The lowest BCUT2D eigenvalue weighted by atomic mass is 10.2. The van der Waals surface area contributed by atoms with Crippen LogP contribution in [0.1, 0.15) is 12.2 Å². The van der Waals surface area contributed by atoms with Crippen LogP contribution in [-0.4, -0.2) is 17.2 Å². The van der Waals surface area contributed by atoms with Gasteiger partial charge in [0, 0.05) is 6.42 Å². The number of nitro groups is 1. The van der Waals surface area contributed by atoms with Crippen LogP contribution in [0.25, 0.3) is 6.08 Å². The van der Waals surface area contributed by atoms with Crippen LogP contribution in [0.2, 0.25) is 0 Å². The Morgan fingerprint density at radius 1 is 1.47 bits per heavy atom. The number of hydrogen-bond donors (Lipinski definition) is 0. The Morgan fingerprint density at radius 3 is 2.93 bits per heavy atom. The van der Waals surface area contributed by atoms with E-state index >= 15 is 0 Å². The predicted octanol–water partition coefficient (Wildman–Crippen LogP) is 1.98. The smallest absolute Gasteiger partial charge is 0.401 e. The van der Waals surface area contributed by atoms with Crippen molar-refractivity contribution in [3.63, 3.8) is 0 Å². The fourth-order valence-corrected chi connectivity index (χ4v) is 1.15. The first-order valence-electron chi connectivity index (χ1n) is 4.37. The zero-order chi connectivity index (χ0) is 10.7. The molecule has 2 rings (SSSR count). The number of nitrogens with zero attached hydrogens (tertiary/aromatic N) is 2. The van der Waals surface area contributed by atoms with Gasteiger partial charge in [-0.1, -0.05) is 5.16 Å². The summed E-state index contributed by atoms with van der Waals surface area (Å²) in [4.78, 5) is 14.5. The van der Waals surface area contributed by atoms with Gasteiger partial charge in [0.2, 0.25) is 0 Å². The van der Waals surface area contributed by atoms with Crippen molar-refractivity contribution in [3.8, 4) is 0 Å². The molecule has 15 heavy (non-hydrogen) atoms. The average molecular weight is 208 g/mol. The van der Waals surface area contributed by atoms with Crippen LogP contribution in [-0.2, 0) is 4.84 Å². The van der Waals surface area contributed by atoms with Crippen molar-refractivity contribution in [2.75, 3.05) is 6.61 Å². The van der Waals surface area contributed by atoms with Crippen LogP contribution >= 0.6 is 0 Å². The highest BCUT2D eigenvalue weighted by molar-refractivity contribution is 5.98. The lowest BCUT2D eigenvalue weighted by molar-refractivity contribution is -0.402. The molecule has 6 nitrogen and oxygen atoms in total. The molecule has 0 fully saturated rings. The van der Waals surface area contributed by atoms with Gasteiger partial charge in [0.05, 0.1) is 11.8 Å². The largest absolute Gasteiger partial charge is 0.433 e. The zero-order valence-corrected chi connectivity index (χ0v) is 7.75. The minimum Gasteiger partial charge on any atom is -0.401 e. The molecule has 0 saturated carbocycles. The molecule has 0 bridgehead atoms. The van der Waals surface area contributed by atoms with Gasteiger partial charge in [-0.2, -0.15) is 0 Å². The highest BCUT2D eigenvalue weighted by Crippen LogP contribution is 2.17. The topological polar surface area (TPSA) is 77.9 Å². The van der Waals surface area contributed by atoms with Crippen molar-refractivity contribution in [1.29, 1.82) is 0 Å². The fraction of sp³-hybridized carbons (Fsp3) is 0.222. The highest BCUT2D eigenvalue weighted by Gasteiger charge is 2.10. The number of hydrogen-bond acceptors (Lipinski definition) is 5. The van der Waals surface area contributed by atoms with Gasteiger partial charge < -0.3 is 9.25 Å². The molecule has 0 aromatic carbocycles. The van der Waals surface area contributed by atoms with Crippen molar-refractivity contribution < 1.29 is 14.2 Å². The minimum absolute atomic E-state index is 0.265. The summed E-state index contributed by atoms with van der Waals surface area (Å²) in [5.74, 6) is 0.163. The third-order valence-electron chi connectivity index (χ3n) is 1.86. The second-order valence-corrected chi connectivity index (χ2v) is 2.93. The van der Waals surface area contributed by atoms with Crippen LogP contribution in [0.5, 0.6) is 0 Å². The Kier molecular flexibility index (Phi) is 2.49. The third-order valence-corrected chi connectivity index (χ3v) is 1.86. The molecule has 0 amide bonds. The Morgan fingerprint density at radius 2 is 2.33 bits per heavy atom. The van der Waals surface area contributed by atoms with Crippen LogP contribution in [0.4, 0.5) is 5.88 Å². The summed E-state index contributed by atoms with van der Waals surface area (Å²) >= 11 is 0. The third kappa shape index (κ3) is 2.22. The Labute approximate surface area is 85.0 Å². The molecule has 0 atom stereocenters. The molecule has 0 aliphatic carbocycles. The van der Waals surface area contributed by atoms with Crippen molar-refractivity contribution >= 4 is 17.7 Å². The first-order chi connectivity index (χ1) is 7.25. The molecule has 2 heterocycles. The molecule has 0 spiro atoms. The minimum atomic E-state index is -0.576. The summed E-state index contributed by atoms with van der Waals surface area (Å²) < 4.78 is 4.92. The lowest BCUT2D eigenvalue weighted by Gasteiger charge is -1.85. The Balaban J connectivity index is 2.07. The van der Waals surface area contributed by atoms with E-state index in [1.165, 1.54) is 12.1 Å². The summed E-state index contributed by atoms with van der Waals surface area (Å²) in [5, 5.41) is 14.1. The molecule has 78 valence electrons. The Hall–Kier alpha value is -2.11. The van der Waals surface area contributed by atoms with E-state index in [4.69, 9.17) is 9.25 Å². The molecule has 0 unspecified atom stereocenters. The number of oxime groups is 1. The normalized spacial score (nSPS) is 15.3. The van der Waals surface area contributed by atoms with E-state index in [1.54, 1.807) is 12.2 Å². The maximum Gasteiger partial charge on any atom is 0.433 e. The molecular weight excluding hydrogens is 200 g/mol. The Bertz CT molecular complexity index is 433. The summed E-state index contributed by atoms with van der Waals surface area (Å²) in [6.45, 7) is 0.581.